The first-order valence-electron chi connectivity index (χ1n) is 11.9. The van der Waals surface area contributed by atoms with E-state index in [9.17, 15) is 18.0 Å². The lowest BCUT2D eigenvalue weighted by atomic mass is 10.0. The molecule has 5 rings (SSSR count). The first-order valence-corrected chi connectivity index (χ1v) is 11.9. The van der Waals surface area contributed by atoms with Gasteiger partial charge in [0.2, 0.25) is 11.7 Å². The Balaban J connectivity index is 1.42. The van der Waals surface area contributed by atoms with Crippen LogP contribution in [0.5, 0.6) is 0 Å². The number of nitrogens with zero attached hydrogens (tertiary/aromatic N) is 6. The van der Waals surface area contributed by atoms with Crippen LogP contribution in [-0.2, 0) is 20.1 Å². The van der Waals surface area contributed by atoms with E-state index < -0.39 is 12.7 Å². The van der Waals surface area contributed by atoms with Crippen LogP contribution in [0.1, 0.15) is 29.1 Å². The number of alkyl halides is 3. The van der Waals surface area contributed by atoms with Crippen LogP contribution in [0.4, 0.5) is 18.9 Å². The van der Waals surface area contributed by atoms with E-state index in [-0.39, 0.29) is 35.9 Å². The molecule has 2 N–H and O–H groups in total. The molecule has 0 unspecified atom stereocenters. The summed E-state index contributed by atoms with van der Waals surface area (Å²) in [6.07, 6.45) is 0.412. The molecular weight excluding hydrogens is 489 g/mol. The minimum absolute atomic E-state index is 0.0105. The van der Waals surface area contributed by atoms with Crippen molar-refractivity contribution in [1.82, 2.24) is 34.7 Å². The smallest absolute Gasteiger partial charge is 0.382 e. The lowest BCUT2D eigenvalue weighted by Gasteiger charge is -2.30. The molecule has 0 radical (unpaired) electrons. The fourth-order valence-electron chi connectivity index (χ4n) is 4.55. The van der Waals surface area contributed by atoms with Crippen molar-refractivity contribution in [3.8, 4) is 11.5 Å². The van der Waals surface area contributed by atoms with E-state index in [0.717, 1.165) is 36.2 Å². The van der Waals surface area contributed by atoms with Gasteiger partial charge < -0.3 is 24.6 Å². The third-order valence-electron chi connectivity index (χ3n) is 6.43. The number of hydrogen-bond acceptors (Lipinski definition) is 7. The Morgan fingerprint density at radius 1 is 1.22 bits per heavy atom. The van der Waals surface area contributed by atoms with Crippen LogP contribution < -0.4 is 10.6 Å². The second kappa shape index (κ2) is 9.88. The highest BCUT2D eigenvalue weighted by molar-refractivity contribution is 5.96. The normalized spacial score (nSPS) is 15.4. The number of halogens is 3. The van der Waals surface area contributed by atoms with E-state index in [4.69, 9.17) is 4.52 Å². The van der Waals surface area contributed by atoms with Crippen LogP contribution in [0.3, 0.4) is 0 Å². The molecule has 37 heavy (non-hydrogen) atoms. The first-order chi connectivity index (χ1) is 17.7. The molecule has 3 aromatic heterocycles. The quantitative estimate of drug-likeness (QED) is 0.388. The molecule has 0 atom stereocenters. The number of carbonyl (C=O) groups excluding carboxylic acids is 1. The van der Waals surface area contributed by atoms with Crippen LogP contribution in [0.15, 0.2) is 41.2 Å². The van der Waals surface area contributed by atoms with Gasteiger partial charge in [0, 0.05) is 30.4 Å². The number of rotatable bonds is 7. The molecule has 1 amide bonds. The van der Waals surface area contributed by atoms with Gasteiger partial charge >= 0.3 is 6.18 Å². The number of carbonyl (C=O) groups is 1. The zero-order valence-electron chi connectivity index (χ0n) is 20.4. The number of amides is 1. The highest BCUT2D eigenvalue weighted by atomic mass is 19.4. The number of anilines is 1. The molecule has 1 aromatic carbocycles. The third kappa shape index (κ3) is 5.61. The second-order valence-electron chi connectivity index (χ2n) is 9.29. The standard InChI is InChI=1S/C24H27F3N8O2/c1-33-8-6-16(7-9-33)30-18-4-3-5-19-17(18)10-20(35(19)14-24(25,26)27)22-31-21(37-32-22)12-28-23(36)15-11-29-34(2)13-15/h3-5,10-11,13,16,30H,6-9,12,14H2,1-2H3,(H,28,36). The van der Waals surface area contributed by atoms with Crippen LogP contribution in [0.25, 0.3) is 22.4 Å². The Labute approximate surface area is 210 Å². The predicted octanol–water partition coefficient (Wildman–Crippen LogP) is 3.42. The molecule has 1 fully saturated rings. The van der Waals surface area contributed by atoms with Crippen molar-refractivity contribution in [3.63, 3.8) is 0 Å². The molecule has 0 spiro atoms. The SMILES string of the molecule is CN1CCC(Nc2cccc3c2cc(-c2noc(CNC(=O)c4cnn(C)c4)n2)n3CC(F)(F)F)CC1. The summed E-state index contributed by atoms with van der Waals surface area (Å²) < 4.78 is 48.6. The van der Waals surface area contributed by atoms with Crippen molar-refractivity contribution in [2.75, 3.05) is 25.5 Å². The molecule has 4 aromatic rings. The number of aryl methyl sites for hydroxylation is 1. The van der Waals surface area contributed by atoms with Crippen molar-refractivity contribution in [1.29, 1.82) is 0 Å². The predicted molar refractivity (Wildman–Crippen MR) is 130 cm³/mol. The van der Waals surface area contributed by atoms with Crippen molar-refractivity contribution in [3.05, 3.63) is 48.1 Å². The summed E-state index contributed by atoms with van der Waals surface area (Å²) >= 11 is 0. The summed E-state index contributed by atoms with van der Waals surface area (Å²) in [5, 5.41) is 14.7. The highest BCUT2D eigenvalue weighted by Crippen LogP contribution is 2.34. The van der Waals surface area contributed by atoms with Gasteiger partial charge in [-0.05, 0) is 51.2 Å². The highest BCUT2D eigenvalue weighted by Gasteiger charge is 2.31. The summed E-state index contributed by atoms with van der Waals surface area (Å²) in [7, 11) is 3.76. The Morgan fingerprint density at radius 2 is 2.00 bits per heavy atom. The summed E-state index contributed by atoms with van der Waals surface area (Å²) in [6, 6.07) is 7.15. The van der Waals surface area contributed by atoms with Crippen molar-refractivity contribution < 1.29 is 22.5 Å². The second-order valence-corrected chi connectivity index (χ2v) is 9.29. The minimum atomic E-state index is -4.46. The minimum Gasteiger partial charge on any atom is -0.382 e. The fraction of sp³-hybridized carbons (Fsp3) is 0.417. The number of fused-ring (bicyclic) bond motifs is 1. The summed E-state index contributed by atoms with van der Waals surface area (Å²) in [4.78, 5) is 18.8. The van der Waals surface area contributed by atoms with E-state index in [1.807, 2.05) is 6.07 Å². The molecule has 4 heterocycles. The van der Waals surface area contributed by atoms with Gasteiger partial charge in [0.05, 0.1) is 29.5 Å². The number of piperidine rings is 1. The van der Waals surface area contributed by atoms with E-state index in [1.165, 1.54) is 10.9 Å². The maximum atomic E-state index is 13.6. The first kappa shape index (κ1) is 24.8. The van der Waals surface area contributed by atoms with E-state index in [1.54, 1.807) is 31.4 Å². The van der Waals surface area contributed by atoms with Gasteiger partial charge in [-0.2, -0.15) is 23.3 Å². The van der Waals surface area contributed by atoms with Crippen molar-refractivity contribution >= 4 is 22.5 Å². The molecule has 1 aliphatic rings. The number of likely N-dealkylation sites (tertiary alicyclic amines) is 1. The van der Waals surface area contributed by atoms with Gasteiger partial charge in [0.25, 0.3) is 5.91 Å². The summed E-state index contributed by atoms with van der Waals surface area (Å²) in [5.41, 5.74) is 1.72. The van der Waals surface area contributed by atoms with Crippen LogP contribution >= 0.6 is 0 Å². The average Bonchev–Trinajstić information content (AvgIpc) is 3.58. The van der Waals surface area contributed by atoms with Crippen LogP contribution in [0, 0.1) is 0 Å². The molecule has 13 heteroatoms. The van der Waals surface area contributed by atoms with Crippen LogP contribution in [-0.4, -0.2) is 67.7 Å². The molecule has 0 bridgehead atoms. The number of aromatic nitrogens is 5. The van der Waals surface area contributed by atoms with Gasteiger partial charge in [-0.15, -0.1) is 0 Å². The molecule has 10 nitrogen and oxygen atoms in total. The Bertz CT molecular complexity index is 1400. The van der Waals surface area contributed by atoms with Gasteiger partial charge in [-0.3, -0.25) is 9.48 Å². The van der Waals surface area contributed by atoms with Gasteiger partial charge in [0.15, 0.2) is 0 Å². The van der Waals surface area contributed by atoms with E-state index in [2.05, 4.69) is 37.8 Å². The monoisotopic (exact) mass is 516 g/mol. The van der Waals surface area contributed by atoms with Crippen molar-refractivity contribution in [2.45, 2.75) is 38.1 Å². The van der Waals surface area contributed by atoms with Gasteiger partial charge in [-0.1, -0.05) is 11.2 Å². The van der Waals surface area contributed by atoms with Gasteiger partial charge in [0.1, 0.15) is 6.54 Å². The van der Waals surface area contributed by atoms with Crippen LogP contribution in [0.2, 0.25) is 0 Å². The van der Waals surface area contributed by atoms with Crippen molar-refractivity contribution in [2.24, 2.45) is 7.05 Å². The van der Waals surface area contributed by atoms with E-state index in [0.29, 0.717) is 16.5 Å². The zero-order valence-corrected chi connectivity index (χ0v) is 20.4. The Hall–Kier alpha value is -3.87. The zero-order chi connectivity index (χ0) is 26.2. The number of hydrogen-bond donors (Lipinski definition) is 2. The number of nitrogens with one attached hydrogen (secondary N) is 2. The molecule has 1 aliphatic heterocycles. The van der Waals surface area contributed by atoms with E-state index >= 15 is 0 Å². The third-order valence-corrected chi connectivity index (χ3v) is 6.43. The topological polar surface area (TPSA) is 106 Å². The number of benzene rings is 1. The summed E-state index contributed by atoms with van der Waals surface area (Å²) in [5.74, 6) is -0.305. The van der Waals surface area contributed by atoms with Gasteiger partial charge in [-0.25, -0.2) is 0 Å². The maximum absolute atomic E-state index is 13.6. The average molecular weight is 517 g/mol. The molecule has 0 aliphatic carbocycles. The fourth-order valence-corrected chi connectivity index (χ4v) is 4.55. The Morgan fingerprint density at radius 3 is 2.70 bits per heavy atom. The molecular formula is C24H27F3N8O2. The molecule has 196 valence electrons. The lowest BCUT2D eigenvalue weighted by molar-refractivity contribution is -0.139. The molecule has 0 saturated carbocycles. The summed E-state index contributed by atoms with van der Waals surface area (Å²) in [6.45, 7) is 0.627. The molecule has 1 saturated heterocycles. The Kier molecular flexibility index (Phi) is 6.63. The largest absolute Gasteiger partial charge is 0.406 e. The maximum Gasteiger partial charge on any atom is 0.406 e. The lowest BCUT2D eigenvalue weighted by Crippen LogP contribution is -2.36.